The van der Waals surface area contributed by atoms with E-state index < -0.39 is 0 Å². The molecule has 148 valence electrons. The predicted octanol–water partition coefficient (Wildman–Crippen LogP) is 5.06. The molecule has 0 unspecified atom stereocenters. The van der Waals surface area contributed by atoms with Gasteiger partial charge in [-0.05, 0) is 60.8 Å². The summed E-state index contributed by atoms with van der Waals surface area (Å²) in [6.07, 6.45) is 4.44. The second-order valence-corrected chi connectivity index (χ2v) is 8.77. The second-order valence-electron chi connectivity index (χ2n) is 8.77. The largest absolute Gasteiger partial charge is 0.503 e. The number of rotatable bonds is 8. The normalized spacial score (nSPS) is 11.7. The van der Waals surface area contributed by atoms with Crippen LogP contribution in [-0.2, 0) is 19.4 Å². The Hall–Kier alpha value is -2.10. The first-order chi connectivity index (χ1) is 12.7. The zero-order chi connectivity index (χ0) is 20.1. The Kier molecular flexibility index (Phi) is 7.23. The summed E-state index contributed by atoms with van der Waals surface area (Å²) in [5, 5.41) is 10.3. The molecule has 27 heavy (non-hydrogen) atoms. The van der Waals surface area contributed by atoms with Crippen LogP contribution < -0.4 is 5.56 Å². The molecular weight excluding hydrogens is 336 g/mol. The number of aromatic hydroxyl groups is 1. The van der Waals surface area contributed by atoms with Crippen LogP contribution in [0.5, 0.6) is 5.75 Å². The van der Waals surface area contributed by atoms with Crippen LogP contribution in [0, 0.1) is 17.8 Å². The van der Waals surface area contributed by atoms with Crippen molar-refractivity contribution in [2.75, 3.05) is 0 Å². The standard InChI is InChI=1S/C23H34N2O2/c1-15(2)8-10-25-22(18-7-9-24-20(13-18)12-17(5)6)19(11-16(3)4)14-21(26)23(25)27/h7,9,13-17,26H,8,10-12H2,1-6H3. The van der Waals surface area contributed by atoms with Gasteiger partial charge < -0.3 is 9.67 Å². The quantitative estimate of drug-likeness (QED) is 0.707. The van der Waals surface area contributed by atoms with Gasteiger partial charge in [0, 0.05) is 24.0 Å². The zero-order valence-corrected chi connectivity index (χ0v) is 17.6. The highest BCUT2D eigenvalue weighted by atomic mass is 16.3. The lowest BCUT2D eigenvalue weighted by atomic mass is 9.96. The van der Waals surface area contributed by atoms with Gasteiger partial charge in [-0.25, -0.2) is 0 Å². The highest BCUT2D eigenvalue weighted by Crippen LogP contribution is 2.28. The van der Waals surface area contributed by atoms with Crippen LogP contribution in [0.1, 0.15) is 59.2 Å². The maximum absolute atomic E-state index is 12.8. The van der Waals surface area contributed by atoms with E-state index in [9.17, 15) is 9.90 Å². The van der Waals surface area contributed by atoms with Crippen molar-refractivity contribution < 1.29 is 5.11 Å². The third-order valence-corrected chi connectivity index (χ3v) is 4.61. The van der Waals surface area contributed by atoms with Crippen LogP contribution >= 0.6 is 0 Å². The fraction of sp³-hybridized carbons (Fsp3) is 0.565. The minimum atomic E-state index is -0.305. The maximum Gasteiger partial charge on any atom is 0.293 e. The van der Waals surface area contributed by atoms with Crippen molar-refractivity contribution >= 4 is 0 Å². The summed E-state index contributed by atoms with van der Waals surface area (Å²) in [5.74, 6) is 1.27. The molecule has 1 N–H and O–H groups in total. The number of hydrogen-bond donors (Lipinski definition) is 1. The molecule has 0 bridgehead atoms. The van der Waals surface area contributed by atoms with Gasteiger partial charge in [0.2, 0.25) is 0 Å². The van der Waals surface area contributed by atoms with Crippen molar-refractivity contribution in [2.24, 2.45) is 17.8 Å². The Morgan fingerprint density at radius 2 is 1.67 bits per heavy atom. The van der Waals surface area contributed by atoms with Crippen LogP contribution in [0.3, 0.4) is 0 Å². The molecule has 0 saturated carbocycles. The molecule has 2 aromatic heterocycles. The average Bonchev–Trinajstić information content (AvgIpc) is 2.55. The van der Waals surface area contributed by atoms with Gasteiger partial charge >= 0.3 is 0 Å². The van der Waals surface area contributed by atoms with Gasteiger partial charge in [0.05, 0.1) is 5.69 Å². The monoisotopic (exact) mass is 370 g/mol. The van der Waals surface area contributed by atoms with E-state index in [0.29, 0.717) is 24.3 Å². The summed E-state index contributed by atoms with van der Waals surface area (Å²) in [4.78, 5) is 17.3. The minimum Gasteiger partial charge on any atom is -0.503 e. The third kappa shape index (κ3) is 5.69. The fourth-order valence-electron chi connectivity index (χ4n) is 3.40. The minimum absolute atomic E-state index is 0.158. The molecular formula is C23H34N2O2. The first-order valence-corrected chi connectivity index (χ1v) is 10.1. The van der Waals surface area contributed by atoms with E-state index in [-0.39, 0.29) is 11.3 Å². The fourth-order valence-corrected chi connectivity index (χ4v) is 3.40. The van der Waals surface area contributed by atoms with Crippen LogP contribution in [0.15, 0.2) is 29.2 Å². The van der Waals surface area contributed by atoms with Gasteiger partial charge in [-0.2, -0.15) is 0 Å². The Bertz CT molecular complexity index is 820. The van der Waals surface area contributed by atoms with Crippen molar-refractivity contribution in [1.29, 1.82) is 0 Å². The number of nitrogens with zero attached hydrogens (tertiary/aromatic N) is 2. The summed E-state index contributed by atoms with van der Waals surface area (Å²) < 4.78 is 1.77. The lowest BCUT2D eigenvalue weighted by molar-refractivity contribution is 0.445. The lowest BCUT2D eigenvalue weighted by Gasteiger charge is -2.20. The van der Waals surface area contributed by atoms with Crippen molar-refractivity contribution in [1.82, 2.24) is 9.55 Å². The lowest BCUT2D eigenvalue weighted by Crippen LogP contribution is -2.24. The molecule has 0 aromatic carbocycles. The summed E-state index contributed by atoms with van der Waals surface area (Å²) in [7, 11) is 0. The molecule has 4 heteroatoms. The van der Waals surface area contributed by atoms with Gasteiger partial charge in [-0.3, -0.25) is 9.78 Å². The van der Waals surface area contributed by atoms with Crippen LogP contribution in [0.4, 0.5) is 0 Å². The number of pyridine rings is 2. The first-order valence-electron chi connectivity index (χ1n) is 10.1. The molecule has 0 aliphatic carbocycles. The van der Waals surface area contributed by atoms with Crippen molar-refractivity contribution in [3.05, 3.63) is 46.0 Å². The summed E-state index contributed by atoms with van der Waals surface area (Å²) in [5.41, 5.74) is 3.69. The Morgan fingerprint density at radius 3 is 2.26 bits per heavy atom. The first kappa shape index (κ1) is 21.2. The molecule has 0 amide bonds. The van der Waals surface area contributed by atoms with E-state index in [1.54, 1.807) is 10.6 Å². The smallest absolute Gasteiger partial charge is 0.293 e. The van der Waals surface area contributed by atoms with Crippen LogP contribution in [0.2, 0.25) is 0 Å². The maximum atomic E-state index is 12.8. The summed E-state index contributed by atoms with van der Waals surface area (Å²) >= 11 is 0. The van der Waals surface area contributed by atoms with E-state index in [2.05, 4.69) is 52.6 Å². The van der Waals surface area contributed by atoms with Gasteiger partial charge in [0.25, 0.3) is 5.56 Å². The van der Waals surface area contributed by atoms with E-state index >= 15 is 0 Å². The second kappa shape index (κ2) is 9.20. The van der Waals surface area contributed by atoms with Gasteiger partial charge in [-0.1, -0.05) is 41.5 Å². The van der Waals surface area contributed by atoms with Crippen molar-refractivity contribution in [3.8, 4) is 17.0 Å². The van der Waals surface area contributed by atoms with E-state index in [1.165, 1.54) is 0 Å². The van der Waals surface area contributed by atoms with E-state index in [1.807, 2.05) is 12.3 Å². The van der Waals surface area contributed by atoms with Crippen molar-refractivity contribution in [2.45, 2.75) is 67.3 Å². The van der Waals surface area contributed by atoms with Gasteiger partial charge in [-0.15, -0.1) is 0 Å². The molecule has 0 atom stereocenters. The number of aromatic nitrogens is 2. The molecule has 0 radical (unpaired) electrons. The molecule has 0 spiro atoms. The molecule has 2 aromatic rings. The molecule has 0 aliphatic rings. The van der Waals surface area contributed by atoms with E-state index in [0.717, 1.165) is 41.8 Å². The zero-order valence-electron chi connectivity index (χ0n) is 17.6. The predicted molar refractivity (Wildman–Crippen MR) is 112 cm³/mol. The Morgan fingerprint density at radius 1 is 1.00 bits per heavy atom. The van der Waals surface area contributed by atoms with Gasteiger partial charge in [0.1, 0.15) is 0 Å². The Balaban J connectivity index is 2.66. The SMILES string of the molecule is CC(C)CCn1c(-c2ccnc(CC(C)C)c2)c(CC(C)C)cc(O)c1=O. The molecule has 0 saturated heterocycles. The highest BCUT2D eigenvalue weighted by Gasteiger charge is 2.18. The van der Waals surface area contributed by atoms with Crippen LogP contribution in [0.25, 0.3) is 11.3 Å². The summed E-state index contributed by atoms with van der Waals surface area (Å²) in [6.45, 7) is 13.6. The average molecular weight is 371 g/mol. The van der Waals surface area contributed by atoms with E-state index in [4.69, 9.17) is 0 Å². The molecule has 2 rings (SSSR count). The molecule has 4 nitrogen and oxygen atoms in total. The summed E-state index contributed by atoms with van der Waals surface area (Å²) in [6, 6.07) is 5.74. The van der Waals surface area contributed by atoms with Crippen LogP contribution in [-0.4, -0.2) is 14.7 Å². The molecule has 0 aliphatic heterocycles. The van der Waals surface area contributed by atoms with Gasteiger partial charge in [0.15, 0.2) is 5.75 Å². The number of hydrogen-bond acceptors (Lipinski definition) is 3. The van der Waals surface area contributed by atoms with Crippen molar-refractivity contribution in [3.63, 3.8) is 0 Å². The molecule has 2 heterocycles. The highest BCUT2D eigenvalue weighted by molar-refractivity contribution is 5.65. The third-order valence-electron chi connectivity index (χ3n) is 4.61. The Labute approximate surface area is 163 Å². The topological polar surface area (TPSA) is 55.1 Å². The molecule has 0 fully saturated rings.